The number of methoxy groups -OCH3 is 1. The monoisotopic (exact) mass is 436 g/mol. The largest absolute Gasteiger partial charge is 0.465 e. The normalized spacial score (nSPS) is 10.5. The minimum absolute atomic E-state index is 0.372. The number of ether oxygens (including phenoxy) is 2. The molecule has 164 valence electrons. The molecule has 0 saturated carbocycles. The van der Waals surface area contributed by atoms with E-state index in [9.17, 15) is 9.59 Å². The summed E-state index contributed by atoms with van der Waals surface area (Å²) in [5, 5.41) is 0. The van der Waals surface area contributed by atoms with Gasteiger partial charge in [0.2, 0.25) is 0 Å². The van der Waals surface area contributed by atoms with Crippen LogP contribution in [-0.4, -0.2) is 19.0 Å². The Morgan fingerprint density at radius 2 is 1.06 bits per heavy atom. The summed E-state index contributed by atoms with van der Waals surface area (Å²) < 4.78 is 10.3. The molecule has 0 unspecified atom stereocenters. The first-order valence-electron chi connectivity index (χ1n) is 10.7. The molecular formula is C29H24O4. The van der Waals surface area contributed by atoms with Gasteiger partial charge in [0, 0.05) is 0 Å². The molecule has 0 aromatic heterocycles. The average Bonchev–Trinajstić information content (AvgIpc) is 2.86. The van der Waals surface area contributed by atoms with E-state index in [1.807, 2.05) is 48.5 Å². The lowest BCUT2D eigenvalue weighted by Crippen LogP contribution is -2.08. The first-order valence-corrected chi connectivity index (χ1v) is 10.7. The maximum absolute atomic E-state index is 12.5. The fourth-order valence-electron chi connectivity index (χ4n) is 3.50. The van der Waals surface area contributed by atoms with Crippen LogP contribution < -0.4 is 4.74 Å². The molecule has 4 aromatic rings. The Balaban J connectivity index is 1.38. The Bertz CT molecular complexity index is 1240. The molecule has 0 aliphatic heterocycles. The van der Waals surface area contributed by atoms with Crippen molar-refractivity contribution in [1.82, 2.24) is 0 Å². The number of carbonyl (C=O) groups excluding carboxylic acids is 2. The van der Waals surface area contributed by atoms with Gasteiger partial charge in [-0.05, 0) is 72.0 Å². The number of hydrogen-bond donors (Lipinski definition) is 0. The van der Waals surface area contributed by atoms with Gasteiger partial charge in [0.1, 0.15) is 5.75 Å². The van der Waals surface area contributed by atoms with E-state index in [-0.39, 0.29) is 5.97 Å². The highest BCUT2D eigenvalue weighted by Gasteiger charge is 2.10. The molecule has 4 nitrogen and oxygen atoms in total. The van der Waals surface area contributed by atoms with Crippen LogP contribution in [0.3, 0.4) is 0 Å². The average molecular weight is 437 g/mol. The number of benzene rings is 4. The summed E-state index contributed by atoms with van der Waals surface area (Å²) in [5.74, 6) is -0.271. The fraction of sp³-hybridized carbons (Fsp3) is 0.103. The van der Waals surface area contributed by atoms with Crippen LogP contribution in [0.15, 0.2) is 97.1 Å². The van der Waals surface area contributed by atoms with Crippen LogP contribution in [0, 0.1) is 6.92 Å². The quantitative estimate of drug-likeness (QED) is 0.264. The van der Waals surface area contributed by atoms with E-state index >= 15 is 0 Å². The number of rotatable bonds is 6. The van der Waals surface area contributed by atoms with Gasteiger partial charge in [-0.3, -0.25) is 0 Å². The predicted octanol–water partition coefficient (Wildman–Crippen LogP) is 6.26. The summed E-state index contributed by atoms with van der Waals surface area (Å²) in [4.78, 5) is 24.1. The molecule has 0 fully saturated rings. The van der Waals surface area contributed by atoms with Crippen molar-refractivity contribution < 1.29 is 19.1 Å². The minimum atomic E-state index is -0.408. The summed E-state index contributed by atoms with van der Waals surface area (Å²) >= 11 is 0. The molecule has 4 rings (SSSR count). The lowest BCUT2D eigenvalue weighted by atomic mass is 10.0. The standard InChI is InChI=1S/C29H24O4/c1-20-3-5-21(6-4-20)19-22-7-17-27(18-8-22)33-29(31)26-15-11-24(12-16-26)23-9-13-25(14-10-23)28(30)32-2/h3-18H,19H2,1-2H3. The van der Waals surface area contributed by atoms with Crippen LogP contribution in [0.4, 0.5) is 0 Å². The molecule has 0 amide bonds. The maximum Gasteiger partial charge on any atom is 0.343 e. The van der Waals surface area contributed by atoms with Crippen molar-refractivity contribution in [2.75, 3.05) is 7.11 Å². The fourth-order valence-corrected chi connectivity index (χ4v) is 3.50. The first kappa shape index (κ1) is 22.0. The highest BCUT2D eigenvalue weighted by molar-refractivity contribution is 5.92. The second-order valence-electron chi connectivity index (χ2n) is 7.84. The van der Waals surface area contributed by atoms with Crippen LogP contribution in [0.2, 0.25) is 0 Å². The molecular weight excluding hydrogens is 412 g/mol. The van der Waals surface area contributed by atoms with E-state index in [2.05, 4.69) is 31.2 Å². The molecule has 0 spiro atoms. The molecule has 0 heterocycles. The van der Waals surface area contributed by atoms with Gasteiger partial charge in [-0.15, -0.1) is 0 Å². The van der Waals surface area contributed by atoms with Crippen LogP contribution in [0.1, 0.15) is 37.4 Å². The molecule has 0 aliphatic rings. The minimum Gasteiger partial charge on any atom is -0.465 e. The van der Waals surface area contributed by atoms with Gasteiger partial charge >= 0.3 is 11.9 Å². The zero-order valence-corrected chi connectivity index (χ0v) is 18.6. The van der Waals surface area contributed by atoms with Crippen LogP contribution in [-0.2, 0) is 11.2 Å². The van der Waals surface area contributed by atoms with Gasteiger partial charge in [0.15, 0.2) is 0 Å². The SMILES string of the molecule is COC(=O)c1ccc(-c2ccc(C(=O)Oc3ccc(Cc4ccc(C)cc4)cc3)cc2)cc1. The van der Waals surface area contributed by atoms with Crippen molar-refractivity contribution >= 4 is 11.9 Å². The van der Waals surface area contributed by atoms with Crippen LogP contribution >= 0.6 is 0 Å². The van der Waals surface area contributed by atoms with E-state index < -0.39 is 5.97 Å². The van der Waals surface area contributed by atoms with E-state index in [0.717, 1.165) is 23.1 Å². The van der Waals surface area contributed by atoms with Crippen molar-refractivity contribution in [3.8, 4) is 16.9 Å². The highest BCUT2D eigenvalue weighted by atomic mass is 16.5. The third-order valence-electron chi connectivity index (χ3n) is 5.42. The van der Waals surface area contributed by atoms with Crippen molar-refractivity contribution in [2.45, 2.75) is 13.3 Å². The Kier molecular flexibility index (Phi) is 6.65. The van der Waals surface area contributed by atoms with Crippen LogP contribution in [0.25, 0.3) is 11.1 Å². The topological polar surface area (TPSA) is 52.6 Å². The lowest BCUT2D eigenvalue weighted by Gasteiger charge is -2.08. The summed E-state index contributed by atoms with van der Waals surface area (Å²) in [5.41, 5.74) is 6.47. The number of hydrogen-bond acceptors (Lipinski definition) is 4. The van der Waals surface area contributed by atoms with Gasteiger partial charge in [0.25, 0.3) is 0 Å². The first-order chi connectivity index (χ1) is 16.0. The second-order valence-corrected chi connectivity index (χ2v) is 7.84. The van der Waals surface area contributed by atoms with Gasteiger partial charge in [0.05, 0.1) is 18.2 Å². The molecule has 0 aliphatic carbocycles. The molecule has 0 saturated heterocycles. The van der Waals surface area contributed by atoms with E-state index in [4.69, 9.17) is 9.47 Å². The third-order valence-corrected chi connectivity index (χ3v) is 5.42. The highest BCUT2D eigenvalue weighted by Crippen LogP contribution is 2.22. The number of aryl methyl sites for hydroxylation is 1. The number of esters is 2. The number of carbonyl (C=O) groups is 2. The van der Waals surface area contributed by atoms with Crippen molar-refractivity contribution in [3.63, 3.8) is 0 Å². The Morgan fingerprint density at radius 1 is 0.606 bits per heavy atom. The molecule has 0 N–H and O–H groups in total. The van der Waals surface area contributed by atoms with E-state index in [0.29, 0.717) is 16.9 Å². The second kappa shape index (κ2) is 9.96. The van der Waals surface area contributed by atoms with E-state index in [1.54, 1.807) is 24.3 Å². The third kappa shape index (κ3) is 5.55. The molecule has 0 radical (unpaired) electrons. The van der Waals surface area contributed by atoms with Gasteiger partial charge in [-0.2, -0.15) is 0 Å². The molecule has 0 atom stereocenters. The Labute approximate surface area is 193 Å². The lowest BCUT2D eigenvalue weighted by molar-refractivity contribution is 0.0600. The van der Waals surface area contributed by atoms with Crippen molar-refractivity contribution in [3.05, 3.63) is 125 Å². The Hall–Kier alpha value is -4.18. The molecule has 0 bridgehead atoms. The van der Waals surface area contributed by atoms with Gasteiger partial charge in [-0.25, -0.2) is 9.59 Å². The van der Waals surface area contributed by atoms with Crippen molar-refractivity contribution in [1.29, 1.82) is 0 Å². The van der Waals surface area contributed by atoms with Gasteiger partial charge < -0.3 is 9.47 Å². The van der Waals surface area contributed by atoms with E-state index in [1.165, 1.54) is 18.2 Å². The Morgan fingerprint density at radius 3 is 1.55 bits per heavy atom. The smallest absolute Gasteiger partial charge is 0.343 e. The predicted molar refractivity (Wildman–Crippen MR) is 129 cm³/mol. The molecule has 4 heteroatoms. The molecule has 4 aromatic carbocycles. The maximum atomic E-state index is 12.5. The summed E-state index contributed by atoms with van der Waals surface area (Å²) in [7, 11) is 1.35. The zero-order chi connectivity index (χ0) is 23.2. The van der Waals surface area contributed by atoms with Gasteiger partial charge in [-0.1, -0.05) is 66.2 Å². The summed E-state index contributed by atoms with van der Waals surface area (Å²) in [6.07, 6.45) is 0.830. The summed E-state index contributed by atoms with van der Waals surface area (Å²) in [6.45, 7) is 2.07. The van der Waals surface area contributed by atoms with Crippen LogP contribution in [0.5, 0.6) is 5.75 Å². The zero-order valence-electron chi connectivity index (χ0n) is 18.6. The summed E-state index contributed by atoms with van der Waals surface area (Å²) in [6, 6.07) is 30.3. The van der Waals surface area contributed by atoms with Crippen molar-refractivity contribution in [2.24, 2.45) is 0 Å². The molecule has 33 heavy (non-hydrogen) atoms.